The Bertz CT molecular complexity index is 2090. The molecule has 0 radical (unpaired) electrons. The van der Waals surface area contributed by atoms with E-state index in [2.05, 4.69) is 17.7 Å². The van der Waals surface area contributed by atoms with Gasteiger partial charge in [-0.25, -0.2) is 18.1 Å². The predicted octanol–water partition coefficient (Wildman–Crippen LogP) is 8.52. The predicted molar refractivity (Wildman–Crippen MR) is 196 cm³/mol. The molecule has 6 aromatic rings. The standard InChI is InChI=1S/C39H36N2O5S3/c1-26-35(25-47-39-41-34-13-7-8-14-36(34)48-39)45-38(46-37(26)29-17-15-27(24-42)16-18-29)30-21-19-28(20-22-30)33-12-6-5-9-31(33)23-40-49(43,44)32-10-3-2-4-11-32/h2-22,26,35,37-38,40,42H,23-25H2,1H3/t26-,35+,37+,38+/m1/s1. The van der Waals surface area contributed by atoms with Crippen LogP contribution >= 0.6 is 23.1 Å². The fourth-order valence-electron chi connectivity index (χ4n) is 6.01. The van der Waals surface area contributed by atoms with E-state index in [1.165, 1.54) is 4.70 Å². The Morgan fingerprint density at radius 3 is 2.27 bits per heavy atom. The molecule has 0 aliphatic carbocycles. The van der Waals surface area contributed by atoms with Gasteiger partial charge in [-0.15, -0.1) is 11.3 Å². The lowest BCUT2D eigenvalue weighted by molar-refractivity contribution is -0.268. The normalized spacial score (nSPS) is 19.6. The summed E-state index contributed by atoms with van der Waals surface area (Å²) >= 11 is 3.40. The summed E-state index contributed by atoms with van der Waals surface area (Å²) in [5.41, 5.74) is 6.56. The van der Waals surface area contributed by atoms with Crippen molar-refractivity contribution in [2.45, 2.75) is 47.8 Å². The van der Waals surface area contributed by atoms with Gasteiger partial charge in [-0.1, -0.05) is 122 Å². The summed E-state index contributed by atoms with van der Waals surface area (Å²) in [6.45, 7) is 2.31. The van der Waals surface area contributed by atoms with Crippen LogP contribution in [-0.4, -0.2) is 30.4 Å². The van der Waals surface area contributed by atoms with Crippen molar-refractivity contribution in [2.24, 2.45) is 5.92 Å². The molecule has 49 heavy (non-hydrogen) atoms. The van der Waals surface area contributed by atoms with Gasteiger partial charge in [0.15, 0.2) is 10.6 Å². The van der Waals surface area contributed by atoms with Gasteiger partial charge in [0, 0.05) is 23.8 Å². The highest BCUT2D eigenvalue weighted by Gasteiger charge is 2.38. The molecule has 1 aliphatic rings. The van der Waals surface area contributed by atoms with Gasteiger partial charge in [-0.3, -0.25) is 0 Å². The fourth-order valence-corrected chi connectivity index (χ4v) is 9.29. The summed E-state index contributed by atoms with van der Waals surface area (Å²) in [5.74, 6) is 0.778. The van der Waals surface area contributed by atoms with E-state index in [1.807, 2.05) is 91.0 Å². The topological polar surface area (TPSA) is 97.8 Å². The van der Waals surface area contributed by atoms with Crippen LogP contribution in [0.1, 0.15) is 41.6 Å². The maximum Gasteiger partial charge on any atom is 0.240 e. The van der Waals surface area contributed by atoms with E-state index in [0.717, 1.165) is 49.0 Å². The monoisotopic (exact) mass is 708 g/mol. The lowest BCUT2D eigenvalue weighted by Crippen LogP contribution is -2.38. The third-order valence-corrected chi connectivity index (χ3v) is 12.5. The molecular weight excluding hydrogens is 673 g/mol. The van der Waals surface area contributed by atoms with Gasteiger partial charge in [-0.2, -0.15) is 0 Å². The van der Waals surface area contributed by atoms with Crippen LogP contribution in [0.4, 0.5) is 0 Å². The van der Waals surface area contributed by atoms with Crippen LogP contribution in [-0.2, 0) is 32.6 Å². The number of thioether (sulfide) groups is 1. The van der Waals surface area contributed by atoms with Crippen LogP contribution in [0.25, 0.3) is 21.3 Å². The Labute approximate surface area is 295 Å². The number of ether oxygens (including phenoxy) is 2. The zero-order valence-corrected chi connectivity index (χ0v) is 29.3. The summed E-state index contributed by atoms with van der Waals surface area (Å²) < 4.78 is 44.1. The second kappa shape index (κ2) is 14.9. The molecule has 0 spiro atoms. The molecule has 1 aliphatic heterocycles. The number of hydrogen-bond acceptors (Lipinski definition) is 8. The summed E-state index contributed by atoms with van der Waals surface area (Å²) in [6, 6.07) is 40.4. The highest BCUT2D eigenvalue weighted by molar-refractivity contribution is 8.01. The van der Waals surface area contributed by atoms with Crippen molar-refractivity contribution >= 4 is 43.3 Å². The first kappa shape index (κ1) is 33.6. The first-order valence-corrected chi connectivity index (χ1v) is 19.4. The first-order chi connectivity index (χ1) is 23.9. The minimum atomic E-state index is -3.65. The van der Waals surface area contributed by atoms with Crippen molar-refractivity contribution in [1.29, 1.82) is 0 Å². The van der Waals surface area contributed by atoms with Crippen molar-refractivity contribution in [3.05, 3.63) is 150 Å². The van der Waals surface area contributed by atoms with E-state index >= 15 is 0 Å². The number of aliphatic hydroxyl groups excluding tert-OH is 1. The number of benzene rings is 5. The van der Waals surface area contributed by atoms with Crippen LogP contribution in [0.2, 0.25) is 0 Å². The molecule has 1 fully saturated rings. The van der Waals surface area contributed by atoms with E-state index in [0.29, 0.717) is 0 Å². The van der Waals surface area contributed by atoms with E-state index in [4.69, 9.17) is 14.5 Å². The Hall–Kier alpha value is -3.87. The molecule has 4 atom stereocenters. The minimum Gasteiger partial charge on any atom is -0.392 e. The highest BCUT2D eigenvalue weighted by Crippen LogP contribution is 2.44. The lowest BCUT2D eigenvalue weighted by atomic mass is 9.91. The average Bonchev–Trinajstić information content (AvgIpc) is 3.57. The molecular formula is C39H36N2O5S3. The van der Waals surface area contributed by atoms with Crippen LogP contribution < -0.4 is 4.72 Å². The third kappa shape index (κ3) is 7.66. The molecule has 0 unspecified atom stereocenters. The molecule has 0 bridgehead atoms. The van der Waals surface area contributed by atoms with Gasteiger partial charge in [0.2, 0.25) is 10.0 Å². The molecule has 5 aromatic carbocycles. The van der Waals surface area contributed by atoms with Crippen molar-refractivity contribution in [3.8, 4) is 11.1 Å². The quantitative estimate of drug-likeness (QED) is 0.130. The van der Waals surface area contributed by atoms with E-state index in [1.54, 1.807) is 53.4 Å². The zero-order chi connectivity index (χ0) is 33.8. The number of thiazole rings is 1. The first-order valence-electron chi connectivity index (χ1n) is 16.1. The fraction of sp³-hybridized carbons (Fsp3) is 0.205. The highest BCUT2D eigenvalue weighted by atomic mass is 32.2. The smallest absolute Gasteiger partial charge is 0.240 e. The Morgan fingerprint density at radius 2 is 1.51 bits per heavy atom. The molecule has 250 valence electrons. The molecule has 1 aromatic heterocycles. The number of nitrogens with one attached hydrogen (secondary N) is 1. The SMILES string of the molecule is C[C@@H]1[C@H](CSc2nc3ccccc3s2)O[C@H](c2ccc(-c3ccccc3CNS(=O)(=O)c3ccccc3)cc2)O[C@@H]1c1ccc(CO)cc1. The summed E-state index contributed by atoms with van der Waals surface area (Å²) in [6.07, 6.45) is -0.927. The van der Waals surface area contributed by atoms with E-state index in [9.17, 15) is 13.5 Å². The average molecular weight is 709 g/mol. The number of aromatic nitrogens is 1. The Kier molecular flexibility index (Phi) is 10.2. The van der Waals surface area contributed by atoms with Crippen LogP contribution in [0.15, 0.2) is 137 Å². The third-order valence-electron chi connectivity index (χ3n) is 8.79. The summed E-state index contributed by atoms with van der Waals surface area (Å²) in [7, 11) is -3.65. The van der Waals surface area contributed by atoms with E-state index in [-0.39, 0.29) is 36.2 Å². The molecule has 7 nitrogen and oxygen atoms in total. The number of sulfonamides is 1. The number of fused-ring (bicyclic) bond motifs is 1. The molecule has 0 amide bonds. The number of aliphatic hydroxyl groups is 1. The molecule has 10 heteroatoms. The second-order valence-corrected chi connectivity index (χ2v) is 16.1. The maximum atomic E-state index is 12.9. The molecule has 7 rings (SSSR count). The lowest BCUT2D eigenvalue weighted by Gasteiger charge is -2.41. The summed E-state index contributed by atoms with van der Waals surface area (Å²) in [5, 5.41) is 9.60. The van der Waals surface area contributed by atoms with Gasteiger partial charge in [-0.05, 0) is 52.1 Å². The van der Waals surface area contributed by atoms with Gasteiger partial charge >= 0.3 is 0 Å². The number of hydrogen-bond donors (Lipinski definition) is 2. The van der Waals surface area contributed by atoms with Crippen molar-refractivity contribution in [3.63, 3.8) is 0 Å². The van der Waals surface area contributed by atoms with E-state index < -0.39 is 16.3 Å². The van der Waals surface area contributed by atoms with Gasteiger partial charge in [0.1, 0.15) is 0 Å². The van der Waals surface area contributed by atoms with Crippen LogP contribution in [0.5, 0.6) is 0 Å². The molecule has 2 N–H and O–H groups in total. The Balaban J connectivity index is 1.11. The largest absolute Gasteiger partial charge is 0.392 e. The minimum absolute atomic E-state index is 0.0110. The molecule has 0 saturated carbocycles. The maximum absolute atomic E-state index is 12.9. The van der Waals surface area contributed by atoms with Gasteiger partial charge in [0.05, 0.1) is 33.9 Å². The number of para-hydroxylation sites is 1. The van der Waals surface area contributed by atoms with Gasteiger partial charge in [0.25, 0.3) is 0 Å². The van der Waals surface area contributed by atoms with Crippen LogP contribution in [0.3, 0.4) is 0 Å². The van der Waals surface area contributed by atoms with Crippen LogP contribution in [0, 0.1) is 5.92 Å². The Morgan fingerprint density at radius 1 is 0.816 bits per heavy atom. The molecule has 1 saturated heterocycles. The number of nitrogens with zero attached hydrogens (tertiary/aromatic N) is 1. The van der Waals surface area contributed by atoms with Crippen molar-refractivity contribution in [1.82, 2.24) is 9.71 Å². The van der Waals surface area contributed by atoms with Crippen molar-refractivity contribution in [2.75, 3.05) is 5.75 Å². The zero-order valence-electron chi connectivity index (χ0n) is 26.8. The second-order valence-electron chi connectivity index (χ2n) is 12.0. The molecule has 2 heterocycles. The van der Waals surface area contributed by atoms with Crippen molar-refractivity contribution < 1.29 is 23.0 Å². The van der Waals surface area contributed by atoms with Gasteiger partial charge < -0.3 is 14.6 Å². The summed E-state index contributed by atoms with van der Waals surface area (Å²) in [4.78, 5) is 5.05. The number of rotatable bonds is 11.